The van der Waals surface area contributed by atoms with Gasteiger partial charge in [0.1, 0.15) is 11.6 Å². The van der Waals surface area contributed by atoms with Crippen LogP contribution in [0.2, 0.25) is 0 Å². The van der Waals surface area contributed by atoms with Crippen molar-refractivity contribution in [3.8, 4) is 5.88 Å². The van der Waals surface area contributed by atoms with E-state index in [1.807, 2.05) is 6.92 Å². The van der Waals surface area contributed by atoms with E-state index < -0.39 is 0 Å². The van der Waals surface area contributed by atoms with Crippen LogP contribution >= 0.6 is 11.8 Å². The summed E-state index contributed by atoms with van der Waals surface area (Å²) in [7, 11) is 0. The Hall–Kier alpha value is -1.82. The van der Waals surface area contributed by atoms with Crippen molar-refractivity contribution in [2.24, 2.45) is 0 Å². The molecule has 2 rings (SSSR count). The fraction of sp³-hybridized carbons (Fsp3) is 0.286. The van der Waals surface area contributed by atoms with Gasteiger partial charge in [-0.1, -0.05) is 13.3 Å². The minimum absolute atomic E-state index is 0.203. The summed E-state index contributed by atoms with van der Waals surface area (Å²) in [5, 5.41) is 9.75. The third kappa shape index (κ3) is 3.60. The van der Waals surface area contributed by atoms with Crippen molar-refractivity contribution in [1.29, 1.82) is 0 Å². The van der Waals surface area contributed by atoms with E-state index in [-0.39, 0.29) is 17.3 Å². The van der Waals surface area contributed by atoms with Crippen molar-refractivity contribution in [3.05, 3.63) is 51.8 Å². The first-order valence-corrected chi connectivity index (χ1v) is 7.28. The van der Waals surface area contributed by atoms with E-state index in [0.29, 0.717) is 23.6 Å². The molecule has 0 unspecified atom stereocenters. The number of H-pyrrole nitrogens is 1. The maximum Gasteiger partial charge on any atom is 0.257 e. The standard InChI is InChI=1S/C14H15FN2O2S/c1-2-3-11-13(18)16-12(17-14(11)19)8-20-10-6-4-9(15)5-7-10/h4-7H,2-3,8H2,1H3,(H2,16,17,18,19). The number of nitrogens with zero attached hydrogens (tertiary/aromatic N) is 1. The molecule has 2 aromatic rings. The first-order chi connectivity index (χ1) is 9.60. The van der Waals surface area contributed by atoms with Crippen molar-refractivity contribution in [3.63, 3.8) is 0 Å². The number of nitrogens with one attached hydrogen (secondary N) is 1. The lowest BCUT2D eigenvalue weighted by molar-refractivity contribution is 0.440. The first kappa shape index (κ1) is 14.6. The molecule has 0 aliphatic rings. The van der Waals surface area contributed by atoms with E-state index in [1.54, 1.807) is 12.1 Å². The van der Waals surface area contributed by atoms with Crippen LogP contribution in [0.25, 0.3) is 0 Å². The van der Waals surface area contributed by atoms with E-state index in [9.17, 15) is 14.3 Å². The largest absolute Gasteiger partial charge is 0.493 e. The first-order valence-electron chi connectivity index (χ1n) is 6.29. The van der Waals surface area contributed by atoms with E-state index in [1.165, 1.54) is 23.9 Å². The van der Waals surface area contributed by atoms with Gasteiger partial charge in [-0.3, -0.25) is 4.79 Å². The maximum atomic E-state index is 12.8. The summed E-state index contributed by atoms with van der Waals surface area (Å²) < 4.78 is 12.8. The third-order valence-electron chi connectivity index (χ3n) is 2.73. The van der Waals surface area contributed by atoms with Gasteiger partial charge in [0.15, 0.2) is 0 Å². The molecule has 0 saturated carbocycles. The number of thioether (sulfide) groups is 1. The quantitative estimate of drug-likeness (QED) is 0.832. The molecule has 0 aliphatic carbocycles. The van der Waals surface area contributed by atoms with E-state index in [2.05, 4.69) is 9.97 Å². The Kier molecular flexibility index (Phi) is 4.79. The zero-order chi connectivity index (χ0) is 14.5. The molecule has 0 saturated heterocycles. The molecule has 0 aliphatic heterocycles. The van der Waals surface area contributed by atoms with Crippen LogP contribution in [0, 0.1) is 5.82 Å². The minimum Gasteiger partial charge on any atom is -0.493 e. The number of aromatic nitrogens is 2. The minimum atomic E-state index is -0.297. The van der Waals surface area contributed by atoms with E-state index >= 15 is 0 Å². The van der Waals surface area contributed by atoms with E-state index in [4.69, 9.17) is 0 Å². The monoisotopic (exact) mass is 294 g/mol. The number of hydrogen-bond donors (Lipinski definition) is 2. The average molecular weight is 294 g/mol. The molecular formula is C14H15FN2O2S. The Morgan fingerprint density at radius 2 is 2.05 bits per heavy atom. The van der Waals surface area contributed by atoms with Gasteiger partial charge in [0.25, 0.3) is 5.56 Å². The molecule has 0 bridgehead atoms. The van der Waals surface area contributed by atoms with Crippen LogP contribution in [0.15, 0.2) is 34.0 Å². The molecule has 0 fully saturated rings. The molecule has 0 radical (unpaired) electrons. The van der Waals surface area contributed by atoms with Gasteiger partial charge in [0.05, 0.1) is 11.3 Å². The fourth-order valence-corrected chi connectivity index (χ4v) is 2.53. The van der Waals surface area contributed by atoms with Crippen molar-refractivity contribution in [1.82, 2.24) is 9.97 Å². The van der Waals surface area contributed by atoms with Crippen LogP contribution in [0.4, 0.5) is 4.39 Å². The summed E-state index contributed by atoms with van der Waals surface area (Å²) in [4.78, 5) is 19.3. The molecule has 0 atom stereocenters. The van der Waals surface area contributed by atoms with Crippen LogP contribution in [0.1, 0.15) is 24.7 Å². The van der Waals surface area contributed by atoms with Crippen LogP contribution in [0.3, 0.4) is 0 Å². The van der Waals surface area contributed by atoms with Gasteiger partial charge in [-0.2, -0.15) is 4.98 Å². The SMILES string of the molecule is CCCc1c(O)nc(CSc2ccc(F)cc2)[nH]c1=O. The summed E-state index contributed by atoms with van der Waals surface area (Å²) in [6.45, 7) is 1.93. The molecule has 20 heavy (non-hydrogen) atoms. The van der Waals surface area contributed by atoms with Gasteiger partial charge < -0.3 is 10.1 Å². The number of aromatic amines is 1. The highest BCUT2D eigenvalue weighted by Crippen LogP contribution is 2.22. The Balaban J connectivity index is 2.10. The smallest absolute Gasteiger partial charge is 0.257 e. The number of hydrogen-bond acceptors (Lipinski definition) is 4. The Morgan fingerprint density at radius 1 is 1.35 bits per heavy atom. The van der Waals surface area contributed by atoms with Crippen molar-refractivity contribution in [2.75, 3.05) is 0 Å². The topological polar surface area (TPSA) is 66.0 Å². The molecule has 106 valence electrons. The lowest BCUT2D eigenvalue weighted by Crippen LogP contribution is -2.16. The molecule has 4 nitrogen and oxygen atoms in total. The van der Waals surface area contributed by atoms with Crippen molar-refractivity contribution < 1.29 is 9.50 Å². The zero-order valence-corrected chi connectivity index (χ0v) is 11.8. The van der Waals surface area contributed by atoms with Crippen molar-refractivity contribution in [2.45, 2.75) is 30.4 Å². The summed E-state index contributed by atoms with van der Waals surface area (Å²) in [6, 6.07) is 6.06. The molecule has 0 spiro atoms. The normalized spacial score (nSPS) is 10.7. The lowest BCUT2D eigenvalue weighted by Gasteiger charge is -2.05. The summed E-state index contributed by atoms with van der Waals surface area (Å²) in [6.07, 6.45) is 1.27. The fourth-order valence-electron chi connectivity index (χ4n) is 1.76. The van der Waals surface area contributed by atoms with E-state index in [0.717, 1.165) is 11.3 Å². The Morgan fingerprint density at radius 3 is 2.65 bits per heavy atom. The molecule has 1 aromatic carbocycles. The number of aromatic hydroxyl groups is 1. The third-order valence-corrected chi connectivity index (χ3v) is 3.76. The predicted molar refractivity (Wildman–Crippen MR) is 76.5 cm³/mol. The number of halogens is 1. The highest BCUT2D eigenvalue weighted by Gasteiger charge is 2.10. The summed E-state index contributed by atoms with van der Waals surface area (Å²) in [5.41, 5.74) is 0.0251. The molecule has 6 heteroatoms. The van der Waals surface area contributed by atoms with Gasteiger partial charge in [-0.25, -0.2) is 4.39 Å². The summed E-state index contributed by atoms with van der Waals surface area (Å²) >= 11 is 1.41. The average Bonchev–Trinajstić information content (AvgIpc) is 2.42. The summed E-state index contributed by atoms with van der Waals surface area (Å²) in [5.74, 6) is 0.315. The molecule has 1 heterocycles. The van der Waals surface area contributed by atoms with Crippen molar-refractivity contribution >= 4 is 11.8 Å². The van der Waals surface area contributed by atoms with Crippen LogP contribution in [-0.2, 0) is 12.2 Å². The highest BCUT2D eigenvalue weighted by atomic mass is 32.2. The van der Waals surface area contributed by atoms with Gasteiger partial charge in [-0.05, 0) is 30.7 Å². The Labute approximate surface area is 120 Å². The second kappa shape index (κ2) is 6.56. The van der Waals surface area contributed by atoms with Gasteiger partial charge >= 0.3 is 0 Å². The van der Waals surface area contributed by atoms with Gasteiger partial charge in [0.2, 0.25) is 5.88 Å². The maximum absolute atomic E-state index is 12.8. The molecular weight excluding hydrogens is 279 g/mol. The number of rotatable bonds is 5. The molecule has 1 aromatic heterocycles. The Bertz CT molecular complexity index is 641. The number of benzene rings is 1. The predicted octanol–water partition coefficient (Wildman–Crippen LogP) is 2.86. The molecule has 0 amide bonds. The van der Waals surface area contributed by atoms with Crippen LogP contribution < -0.4 is 5.56 Å². The van der Waals surface area contributed by atoms with Crippen LogP contribution in [0.5, 0.6) is 5.88 Å². The second-order valence-electron chi connectivity index (χ2n) is 4.31. The second-order valence-corrected chi connectivity index (χ2v) is 5.36. The molecule has 2 N–H and O–H groups in total. The van der Waals surface area contributed by atoms with Crippen LogP contribution in [-0.4, -0.2) is 15.1 Å². The highest BCUT2D eigenvalue weighted by molar-refractivity contribution is 7.98. The zero-order valence-electron chi connectivity index (χ0n) is 11.0. The van der Waals surface area contributed by atoms with Gasteiger partial charge in [-0.15, -0.1) is 11.8 Å². The lowest BCUT2D eigenvalue weighted by atomic mass is 10.2. The van der Waals surface area contributed by atoms with Gasteiger partial charge in [0, 0.05) is 4.90 Å².